The predicted molar refractivity (Wildman–Crippen MR) is 158 cm³/mol. The van der Waals surface area contributed by atoms with Gasteiger partial charge in [-0.05, 0) is 52.6 Å². The fourth-order valence-electron chi connectivity index (χ4n) is 6.74. The topological polar surface area (TPSA) is 92.8 Å². The second kappa shape index (κ2) is 10.1. The maximum atomic E-state index is 14.1. The van der Waals surface area contributed by atoms with Crippen LogP contribution in [0.3, 0.4) is 0 Å². The molecule has 4 aliphatic rings. The van der Waals surface area contributed by atoms with Gasteiger partial charge in [0.15, 0.2) is 6.61 Å². The minimum atomic E-state index is -0.833. The number of halogens is 2. The summed E-state index contributed by atoms with van der Waals surface area (Å²) in [6.07, 6.45) is 0. The zero-order valence-electron chi connectivity index (χ0n) is 21.9. The Balaban J connectivity index is 1.17. The van der Waals surface area contributed by atoms with E-state index in [4.69, 9.17) is 27.9 Å². The van der Waals surface area contributed by atoms with Gasteiger partial charge in [0.1, 0.15) is 0 Å². The number of anilines is 2. The molecule has 1 N–H and O–H groups in total. The summed E-state index contributed by atoms with van der Waals surface area (Å²) in [5, 5.41) is 3.19. The predicted octanol–water partition coefficient (Wildman–Crippen LogP) is 6.19. The van der Waals surface area contributed by atoms with E-state index in [1.165, 1.54) is 18.2 Å². The van der Waals surface area contributed by atoms with Gasteiger partial charge in [-0.25, -0.2) is 9.69 Å². The molecule has 208 valence electrons. The minimum Gasteiger partial charge on any atom is -0.452 e. The van der Waals surface area contributed by atoms with E-state index in [2.05, 4.69) is 5.32 Å². The van der Waals surface area contributed by atoms with Crippen molar-refractivity contribution in [2.45, 2.75) is 11.8 Å². The van der Waals surface area contributed by atoms with Crippen molar-refractivity contribution >= 4 is 58.3 Å². The van der Waals surface area contributed by atoms with Crippen LogP contribution < -0.4 is 10.2 Å². The van der Waals surface area contributed by atoms with Gasteiger partial charge in [-0.3, -0.25) is 14.4 Å². The first-order chi connectivity index (χ1) is 20.3. The monoisotopic (exact) mass is 596 g/mol. The van der Waals surface area contributed by atoms with Crippen LogP contribution in [0.1, 0.15) is 44.4 Å². The molecule has 3 aliphatic carbocycles. The molecule has 0 aromatic heterocycles. The Morgan fingerprint density at radius 3 is 1.79 bits per heavy atom. The summed E-state index contributed by atoms with van der Waals surface area (Å²) in [7, 11) is 0. The standard InChI is InChI=1S/C33H22Cl2N2O5/c34-23-14-13-17(15-24(23)35)36-26(38)16-42-33(41)22-11-5-6-12-25(22)37-31(39)29-27-18-7-1-2-8-19(18)28(30(29)32(37)40)21-10-4-3-9-20(21)27/h1-15,27-30H,16H2,(H,36,38)/t27?,28?,29-,30+. The molecule has 8 rings (SSSR count). The Morgan fingerprint density at radius 1 is 0.714 bits per heavy atom. The minimum absolute atomic E-state index is 0.0163. The number of nitrogens with zero attached hydrogens (tertiary/aromatic N) is 1. The number of amides is 3. The molecule has 0 saturated carbocycles. The Morgan fingerprint density at radius 2 is 1.24 bits per heavy atom. The molecule has 7 nitrogen and oxygen atoms in total. The maximum absolute atomic E-state index is 14.1. The quantitative estimate of drug-likeness (QED) is 0.219. The van der Waals surface area contributed by atoms with E-state index in [1.54, 1.807) is 24.3 Å². The molecule has 0 unspecified atom stereocenters. The average Bonchev–Trinajstić information content (AvgIpc) is 3.27. The summed E-state index contributed by atoms with van der Waals surface area (Å²) in [6.45, 7) is -0.588. The van der Waals surface area contributed by atoms with Crippen molar-refractivity contribution in [3.63, 3.8) is 0 Å². The van der Waals surface area contributed by atoms with Gasteiger partial charge in [0.05, 0.1) is 33.1 Å². The number of carbonyl (C=O) groups excluding carboxylic acids is 4. The van der Waals surface area contributed by atoms with E-state index in [-0.39, 0.29) is 39.9 Å². The number of benzene rings is 4. The van der Waals surface area contributed by atoms with Crippen molar-refractivity contribution in [3.05, 3.63) is 129 Å². The molecule has 4 aromatic carbocycles. The van der Waals surface area contributed by atoms with Crippen molar-refractivity contribution in [3.8, 4) is 0 Å². The van der Waals surface area contributed by atoms with Crippen LogP contribution in [-0.2, 0) is 19.1 Å². The highest BCUT2D eigenvalue weighted by molar-refractivity contribution is 6.42. The molecule has 9 heteroatoms. The van der Waals surface area contributed by atoms with E-state index in [1.807, 2.05) is 48.5 Å². The molecule has 42 heavy (non-hydrogen) atoms. The van der Waals surface area contributed by atoms with Crippen LogP contribution in [0.5, 0.6) is 0 Å². The highest BCUT2D eigenvalue weighted by Gasteiger charge is 2.62. The fraction of sp³-hybridized carbons (Fsp3) is 0.152. The molecular formula is C33H22Cl2N2O5. The van der Waals surface area contributed by atoms with E-state index in [0.29, 0.717) is 10.7 Å². The molecule has 3 amide bonds. The van der Waals surface area contributed by atoms with Gasteiger partial charge in [0, 0.05) is 17.5 Å². The van der Waals surface area contributed by atoms with Crippen LogP contribution >= 0.6 is 23.2 Å². The summed E-state index contributed by atoms with van der Waals surface area (Å²) >= 11 is 11.9. The SMILES string of the molecule is O=C(COC(=O)c1ccccc1N1C(=O)[C@@H]2C3c4ccccc4C(c4ccccc43)[C@@H]2C1=O)Nc1ccc(Cl)c(Cl)c1. The van der Waals surface area contributed by atoms with Crippen molar-refractivity contribution < 1.29 is 23.9 Å². The molecule has 1 aliphatic heterocycles. The Bertz CT molecular complexity index is 1710. The number of para-hydroxylation sites is 1. The van der Waals surface area contributed by atoms with Gasteiger partial charge in [0.2, 0.25) is 11.8 Å². The average molecular weight is 597 g/mol. The molecule has 1 fully saturated rings. The summed E-state index contributed by atoms with van der Waals surface area (Å²) in [6, 6.07) is 26.9. The third kappa shape index (κ3) is 4.03. The number of hydrogen-bond donors (Lipinski definition) is 1. The van der Waals surface area contributed by atoms with Crippen molar-refractivity contribution in [1.29, 1.82) is 0 Å². The first-order valence-corrected chi connectivity index (χ1v) is 14.2. The van der Waals surface area contributed by atoms with Gasteiger partial charge in [-0.2, -0.15) is 0 Å². The number of rotatable bonds is 5. The number of ether oxygens (including phenoxy) is 1. The Hall–Kier alpha value is -4.46. The molecule has 2 atom stereocenters. The van der Waals surface area contributed by atoms with E-state index < -0.39 is 30.3 Å². The van der Waals surface area contributed by atoms with Crippen LogP contribution in [0.15, 0.2) is 91.0 Å². The molecular weight excluding hydrogens is 575 g/mol. The lowest BCUT2D eigenvalue weighted by molar-refractivity contribution is -0.122. The third-order valence-corrected chi connectivity index (χ3v) is 9.09. The molecule has 1 saturated heterocycles. The molecule has 2 bridgehead atoms. The number of esters is 1. The Kier molecular flexibility index (Phi) is 6.37. The van der Waals surface area contributed by atoms with Crippen LogP contribution in [0.2, 0.25) is 10.0 Å². The summed E-state index contributed by atoms with van der Waals surface area (Å²) < 4.78 is 5.30. The lowest BCUT2D eigenvalue weighted by Gasteiger charge is -2.45. The smallest absolute Gasteiger partial charge is 0.340 e. The van der Waals surface area contributed by atoms with E-state index in [9.17, 15) is 19.2 Å². The van der Waals surface area contributed by atoms with Gasteiger partial charge in [-0.15, -0.1) is 0 Å². The van der Waals surface area contributed by atoms with Gasteiger partial charge in [-0.1, -0.05) is 83.9 Å². The van der Waals surface area contributed by atoms with Crippen LogP contribution in [0, 0.1) is 11.8 Å². The van der Waals surface area contributed by atoms with Crippen LogP contribution in [0.25, 0.3) is 0 Å². The van der Waals surface area contributed by atoms with Crippen LogP contribution in [-0.4, -0.2) is 30.3 Å². The lowest BCUT2D eigenvalue weighted by Crippen LogP contribution is -2.41. The van der Waals surface area contributed by atoms with E-state index >= 15 is 0 Å². The second-order valence-electron chi connectivity index (χ2n) is 10.5. The van der Waals surface area contributed by atoms with Crippen molar-refractivity contribution in [1.82, 2.24) is 0 Å². The second-order valence-corrected chi connectivity index (χ2v) is 11.4. The maximum Gasteiger partial charge on any atom is 0.340 e. The van der Waals surface area contributed by atoms with Gasteiger partial charge < -0.3 is 10.1 Å². The molecule has 0 radical (unpaired) electrons. The summed E-state index contributed by atoms with van der Waals surface area (Å²) in [4.78, 5) is 55.1. The highest BCUT2D eigenvalue weighted by Crippen LogP contribution is 2.61. The zero-order valence-corrected chi connectivity index (χ0v) is 23.4. The number of imide groups is 1. The summed E-state index contributed by atoms with van der Waals surface area (Å²) in [5.74, 6) is -3.83. The van der Waals surface area contributed by atoms with E-state index in [0.717, 1.165) is 27.2 Å². The zero-order chi connectivity index (χ0) is 29.1. The summed E-state index contributed by atoms with van der Waals surface area (Å²) in [5.41, 5.74) is 4.79. The largest absolute Gasteiger partial charge is 0.452 e. The molecule has 1 heterocycles. The van der Waals surface area contributed by atoms with Crippen molar-refractivity contribution in [2.24, 2.45) is 11.8 Å². The third-order valence-electron chi connectivity index (χ3n) is 8.35. The number of carbonyl (C=O) groups is 4. The van der Waals surface area contributed by atoms with Gasteiger partial charge >= 0.3 is 5.97 Å². The first-order valence-electron chi connectivity index (χ1n) is 13.4. The van der Waals surface area contributed by atoms with Gasteiger partial charge in [0.25, 0.3) is 5.91 Å². The van der Waals surface area contributed by atoms with Crippen molar-refractivity contribution in [2.75, 3.05) is 16.8 Å². The number of nitrogens with one attached hydrogen (secondary N) is 1. The molecule has 0 spiro atoms. The lowest BCUT2D eigenvalue weighted by atomic mass is 9.55. The first kappa shape index (κ1) is 26.4. The fourth-order valence-corrected chi connectivity index (χ4v) is 7.03. The highest BCUT2D eigenvalue weighted by atomic mass is 35.5. The number of hydrogen-bond acceptors (Lipinski definition) is 5. The Labute approximate surface area is 251 Å². The molecule has 4 aromatic rings. The van der Waals surface area contributed by atoms with Crippen LogP contribution in [0.4, 0.5) is 11.4 Å². The normalized spacial score (nSPS) is 21.4.